The number of aromatic nitrogens is 2. The van der Waals surface area contributed by atoms with Crippen molar-refractivity contribution in [1.29, 1.82) is 0 Å². The number of hydrogen-bond donors (Lipinski definition) is 1. The SMILES string of the molecule is COC1(c2noc(C3CCCCN3)n2)CCCCC1. The molecule has 106 valence electrons. The van der Waals surface area contributed by atoms with Crippen LogP contribution in [0.4, 0.5) is 0 Å². The highest BCUT2D eigenvalue weighted by Gasteiger charge is 2.39. The number of nitrogens with one attached hydrogen (secondary N) is 1. The lowest BCUT2D eigenvalue weighted by molar-refractivity contribution is -0.0527. The monoisotopic (exact) mass is 265 g/mol. The van der Waals surface area contributed by atoms with Gasteiger partial charge in [0.25, 0.3) is 0 Å². The van der Waals surface area contributed by atoms with Crippen LogP contribution in [0.1, 0.15) is 69.1 Å². The molecule has 1 aromatic heterocycles. The van der Waals surface area contributed by atoms with Crippen molar-refractivity contribution in [3.63, 3.8) is 0 Å². The lowest BCUT2D eigenvalue weighted by Crippen LogP contribution is -2.32. The molecule has 2 fully saturated rings. The lowest BCUT2D eigenvalue weighted by Gasteiger charge is -2.32. The van der Waals surface area contributed by atoms with E-state index in [2.05, 4.69) is 15.5 Å². The van der Waals surface area contributed by atoms with Gasteiger partial charge in [-0.25, -0.2) is 0 Å². The molecule has 1 saturated heterocycles. The fourth-order valence-corrected chi connectivity index (χ4v) is 3.27. The maximum absolute atomic E-state index is 5.76. The second-order valence-corrected chi connectivity index (χ2v) is 5.72. The summed E-state index contributed by atoms with van der Waals surface area (Å²) in [6.07, 6.45) is 9.19. The van der Waals surface area contributed by atoms with Gasteiger partial charge in [-0.15, -0.1) is 0 Å². The molecule has 1 unspecified atom stereocenters. The number of nitrogens with zero attached hydrogens (tertiary/aromatic N) is 2. The van der Waals surface area contributed by atoms with Crippen molar-refractivity contribution in [1.82, 2.24) is 15.5 Å². The van der Waals surface area contributed by atoms with Crippen molar-refractivity contribution in [2.75, 3.05) is 13.7 Å². The fraction of sp³-hybridized carbons (Fsp3) is 0.857. The van der Waals surface area contributed by atoms with E-state index in [4.69, 9.17) is 9.26 Å². The zero-order valence-electron chi connectivity index (χ0n) is 11.7. The Kier molecular flexibility index (Phi) is 3.84. The van der Waals surface area contributed by atoms with Crippen molar-refractivity contribution >= 4 is 0 Å². The highest BCUT2D eigenvalue weighted by atomic mass is 16.5. The van der Waals surface area contributed by atoms with E-state index in [9.17, 15) is 0 Å². The van der Waals surface area contributed by atoms with Gasteiger partial charge in [0.15, 0.2) is 0 Å². The van der Waals surface area contributed by atoms with Gasteiger partial charge in [-0.1, -0.05) is 30.8 Å². The van der Waals surface area contributed by atoms with Gasteiger partial charge >= 0.3 is 0 Å². The molecule has 1 aliphatic heterocycles. The molecule has 2 heterocycles. The highest BCUT2D eigenvalue weighted by Crippen LogP contribution is 2.39. The maximum Gasteiger partial charge on any atom is 0.243 e. The molecule has 5 nitrogen and oxygen atoms in total. The Morgan fingerprint density at radius 3 is 2.74 bits per heavy atom. The maximum atomic E-state index is 5.76. The van der Waals surface area contributed by atoms with Crippen LogP contribution in [-0.4, -0.2) is 23.8 Å². The number of ether oxygens (including phenoxy) is 1. The zero-order chi connectivity index (χ0) is 13.1. The average molecular weight is 265 g/mol. The molecule has 0 spiro atoms. The summed E-state index contributed by atoms with van der Waals surface area (Å²) in [5, 5.41) is 7.65. The molecule has 1 saturated carbocycles. The zero-order valence-corrected chi connectivity index (χ0v) is 11.7. The van der Waals surface area contributed by atoms with Gasteiger partial charge in [0.1, 0.15) is 5.60 Å². The van der Waals surface area contributed by atoms with Crippen LogP contribution in [0.15, 0.2) is 4.52 Å². The van der Waals surface area contributed by atoms with Crippen LogP contribution in [0.25, 0.3) is 0 Å². The summed E-state index contributed by atoms with van der Waals surface area (Å²) in [6, 6.07) is 0.229. The Bertz CT molecular complexity index is 407. The Hall–Kier alpha value is -0.940. The number of rotatable bonds is 3. The normalized spacial score (nSPS) is 27.3. The largest absolute Gasteiger partial charge is 0.370 e. The third-order valence-electron chi connectivity index (χ3n) is 4.51. The van der Waals surface area contributed by atoms with Crippen molar-refractivity contribution in [3.8, 4) is 0 Å². The van der Waals surface area contributed by atoms with Crippen LogP contribution in [0.3, 0.4) is 0 Å². The minimum atomic E-state index is -0.311. The molecule has 19 heavy (non-hydrogen) atoms. The van der Waals surface area contributed by atoms with Gasteiger partial charge in [-0.05, 0) is 32.2 Å². The first-order valence-electron chi connectivity index (χ1n) is 7.47. The lowest BCUT2D eigenvalue weighted by atomic mass is 9.84. The van der Waals surface area contributed by atoms with E-state index in [1.807, 2.05) is 0 Å². The Morgan fingerprint density at radius 1 is 1.21 bits per heavy atom. The quantitative estimate of drug-likeness (QED) is 0.910. The second-order valence-electron chi connectivity index (χ2n) is 5.72. The molecule has 1 atom stereocenters. The van der Waals surface area contributed by atoms with E-state index in [0.717, 1.165) is 37.5 Å². The molecule has 1 aliphatic carbocycles. The summed E-state index contributed by atoms with van der Waals surface area (Å²) in [7, 11) is 1.76. The van der Waals surface area contributed by atoms with Gasteiger partial charge < -0.3 is 14.6 Å². The van der Waals surface area contributed by atoms with Crippen LogP contribution >= 0.6 is 0 Å². The molecule has 0 amide bonds. The van der Waals surface area contributed by atoms with E-state index in [1.165, 1.54) is 32.1 Å². The first kappa shape index (κ1) is 13.1. The molecule has 1 N–H and O–H groups in total. The van der Waals surface area contributed by atoms with Crippen LogP contribution in [0.2, 0.25) is 0 Å². The molecular formula is C14H23N3O2. The number of piperidine rings is 1. The molecule has 0 radical (unpaired) electrons. The van der Waals surface area contributed by atoms with Gasteiger partial charge in [-0.3, -0.25) is 0 Å². The van der Waals surface area contributed by atoms with Gasteiger partial charge in [0, 0.05) is 7.11 Å². The van der Waals surface area contributed by atoms with Crippen molar-refractivity contribution in [2.24, 2.45) is 0 Å². The van der Waals surface area contributed by atoms with Crippen LogP contribution in [-0.2, 0) is 10.3 Å². The Morgan fingerprint density at radius 2 is 2.05 bits per heavy atom. The molecule has 0 bridgehead atoms. The molecule has 1 aromatic rings. The highest BCUT2D eigenvalue weighted by molar-refractivity contribution is 5.05. The van der Waals surface area contributed by atoms with Crippen LogP contribution in [0.5, 0.6) is 0 Å². The van der Waals surface area contributed by atoms with Gasteiger partial charge in [-0.2, -0.15) is 4.98 Å². The summed E-state index contributed by atoms with van der Waals surface area (Å²) < 4.78 is 11.2. The summed E-state index contributed by atoms with van der Waals surface area (Å²) in [5.41, 5.74) is -0.311. The van der Waals surface area contributed by atoms with E-state index in [-0.39, 0.29) is 11.6 Å². The Balaban J connectivity index is 1.79. The van der Waals surface area contributed by atoms with Crippen molar-refractivity contribution in [3.05, 3.63) is 11.7 Å². The number of methoxy groups -OCH3 is 1. The predicted octanol–water partition coefficient (Wildman–Crippen LogP) is 2.69. The third-order valence-corrected chi connectivity index (χ3v) is 4.51. The Labute approximate surface area is 114 Å². The topological polar surface area (TPSA) is 60.2 Å². The van der Waals surface area contributed by atoms with Crippen LogP contribution in [0, 0.1) is 0 Å². The first-order valence-corrected chi connectivity index (χ1v) is 7.47. The fourth-order valence-electron chi connectivity index (χ4n) is 3.27. The van der Waals surface area contributed by atoms with Crippen molar-refractivity contribution in [2.45, 2.75) is 63.0 Å². The van der Waals surface area contributed by atoms with E-state index in [1.54, 1.807) is 7.11 Å². The van der Waals surface area contributed by atoms with E-state index >= 15 is 0 Å². The minimum absolute atomic E-state index is 0.229. The van der Waals surface area contributed by atoms with Gasteiger partial charge in [0.05, 0.1) is 6.04 Å². The minimum Gasteiger partial charge on any atom is -0.370 e. The molecule has 2 aliphatic rings. The van der Waals surface area contributed by atoms with Gasteiger partial charge in [0.2, 0.25) is 11.7 Å². The second kappa shape index (κ2) is 5.59. The molecule has 5 heteroatoms. The number of hydrogen-bond acceptors (Lipinski definition) is 5. The molecular weight excluding hydrogens is 242 g/mol. The first-order chi connectivity index (χ1) is 9.34. The third kappa shape index (κ3) is 2.54. The summed E-state index contributed by atoms with van der Waals surface area (Å²) in [5.74, 6) is 1.48. The molecule has 3 rings (SSSR count). The molecule has 0 aromatic carbocycles. The summed E-state index contributed by atoms with van der Waals surface area (Å²) >= 11 is 0. The van der Waals surface area contributed by atoms with Crippen LogP contribution < -0.4 is 5.32 Å². The summed E-state index contributed by atoms with van der Waals surface area (Å²) in [4.78, 5) is 4.64. The average Bonchev–Trinajstić information content (AvgIpc) is 2.99. The smallest absolute Gasteiger partial charge is 0.243 e. The summed E-state index contributed by atoms with van der Waals surface area (Å²) in [6.45, 7) is 1.04. The standard InChI is InChI=1S/C14H23N3O2/c1-18-14(8-4-2-5-9-14)13-16-12(19-17-13)11-7-3-6-10-15-11/h11,15H,2-10H2,1H3. The van der Waals surface area contributed by atoms with E-state index < -0.39 is 0 Å². The van der Waals surface area contributed by atoms with E-state index in [0.29, 0.717) is 0 Å². The van der Waals surface area contributed by atoms with Crippen molar-refractivity contribution < 1.29 is 9.26 Å². The predicted molar refractivity (Wildman–Crippen MR) is 70.7 cm³/mol.